The van der Waals surface area contributed by atoms with Crippen molar-refractivity contribution in [2.75, 3.05) is 13.6 Å². The number of hydrogen-bond acceptors (Lipinski definition) is 4. The van der Waals surface area contributed by atoms with Crippen LogP contribution in [0, 0.1) is 6.92 Å². The minimum absolute atomic E-state index is 0.501. The van der Waals surface area contributed by atoms with Gasteiger partial charge in [-0.25, -0.2) is 0 Å². The lowest BCUT2D eigenvalue weighted by Gasteiger charge is -2.29. The summed E-state index contributed by atoms with van der Waals surface area (Å²) in [6.45, 7) is 11.5. The van der Waals surface area contributed by atoms with E-state index in [2.05, 4.69) is 118 Å². The summed E-state index contributed by atoms with van der Waals surface area (Å²) in [5, 5.41) is 3.34. The Kier molecular flexibility index (Phi) is 8.58. The second-order valence-corrected chi connectivity index (χ2v) is 12.8. The van der Waals surface area contributed by atoms with Crippen molar-refractivity contribution in [2.24, 2.45) is 10.7 Å². The number of likely N-dealkylation sites (N-methyl/N-ethyl adjacent to an activating group) is 1. The van der Waals surface area contributed by atoms with Crippen molar-refractivity contribution in [1.82, 2.24) is 4.90 Å². The number of rotatable bonds is 8. The lowest BCUT2D eigenvalue weighted by Crippen LogP contribution is -2.39. The van der Waals surface area contributed by atoms with Crippen LogP contribution in [0.4, 0.5) is 0 Å². The second kappa shape index (κ2) is 12.7. The molecule has 0 fully saturated rings. The molecule has 0 unspecified atom stereocenters. The molecule has 4 nitrogen and oxygen atoms in total. The van der Waals surface area contributed by atoms with E-state index < -0.39 is 0 Å². The van der Waals surface area contributed by atoms with Crippen molar-refractivity contribution in [3.05, 3.63) is 111 Å². The average Bonchev–Trinajstić information content (AvgIpc) is 3.53. The molecule has 4 aromatic rings. The predicted molar refractivity (Wildman–Crippen MR) is 191 cm³/mol. The van der Waals surface area contributed by atoms with Gasteiger partial charge in [-0.3, -0.25) is 4.99 Å². The maximum Gasteiger partial charge on any atom is 0.162 e. The highest BCUT2D eigenvalue weighted by molar-refractivity contribution is 7.19. The molecule has 0 radical (unpaired) electrons. The number of amidine groups is 1. The van der Waals surface area contributed by atoms with E-state index in [-0.39, 0.29) is 0 Å². The number of nitrogens with two attached hydrogens (primary N) is 1. The average molecular weight is 600 g/mol. The summed E-state index contributed by atoms with van der Waals surface area (Å²) in [4.78, 5) is 8.34. The molecule has 2 aliphatic rings. The molecule has 0 amide bonds. The first-order valence-electron chi connectivity index (χ1n) is 15.6. The Morgan fingerprint density at radius 2 is 1.82 bits per heavy atom. The maximum atomic E-state index is 6.81. The van der Waals surface area contributed by atoms with Gasteiger partial charge in [0.15, 0.2) is 5.42 Å². The zero-order chi connectivity index (χ0) is 30.8. The third-order valence-corrected chi connectivity index (χ3v) is 9.64. The summed E-state index contributed by atoms with van der Waals surface area (Å²) in [6, 6.07) is 13.3. The Hall–Kier alpha value is -4.35. The molecule has 2 aromatic heterocycles. The molecule has 2 N–H and O–H groups in total. The van der Waals surface area contributed by atoms with Gasteiger partial charge in [0.2, 0.25) is 0 Å². The van der Waals surface area contributed by atoms with E-state index in [9.17, 15) is 0 Å². The van der Waals surface area contributed by atoms with E-state index in [4.69, 9.17) is 15.1 Å². The number of furan rings is 1. The van der Waals surface area contributed by atoms with Crippen molar-refractivity contribution in [2.45, 2.75) is 52.9 Å². The van der Waals surface area contributed by atoms with E-state index in [1.807, 2.05) is 11.3 Å². The number of aliphatic imine (C=N–C) groups is 1. The summed E-state index contributed by atoms with van der Waals surface area (Å²) in [6.07, 6.45) is 20.4. The monoisotopic (exact) mass is 599 g/mol. The minimum Gasteiger partial charge on any atom is -0.454 e. The summed E-state index contributed by atoms with van der Waals surface area (Å²) in [5.41, 5.74) is 16.0. The smallest absolute Gasteiger partial charge is 0.162 e. The SMILES string of the molecule is C=C1/C=c2\c(oc3cc(-c4ccc5c(/C=C\C)c(C)sc5c4)ccc23)=C(\C(N)=NCCCC/C=C\C)N(C)C2=CCCC=C12. The highest BCUT2D eigenvalue weighted by Crippen LogP contribution is 2.36. The van der Waals surface area contributed by atoms with Crippen LogP contribution in [-0.2, 0) is 0 Å². The highest BCUT2D eigenvalue weighted by atomic mass is 32.1. The molecule has 44 heavy (non-hydrogen) atoms. The predicted octanol–water partition coefficient (Wildman–Crippen LogP) is 8.75. The first-order chi connectivity index (χ1) is 21.4. The molecule has 5 heteroatoms. The molecule has 0 saturated carbocycles. The Balaban J connectivity index is 1.50. The summed E-state index contributed by atoms with van der Waals surface area (Å²) < 4.78 is 8.04. The van der Waals surface area contributed by atoms with E-state index in [1.54, 1.807) is 0 Å². The van der Waals surface area contributed by atoms with E-state index in [1.165, 1.54) is 26.1 Å². The zero-order valence-corrected chi connectivity index (χ0v) is 27.1. The van der Waals surface area contributed by atoms with Crippen LogP contribution in [0.15, 0.2) is 99.6 Å². The number of aryl methyl sites for hydroxylation is 1. The third kappa shape index (κ3) is 5.53. The number of thiophene rings is 1. The molecule has 3 heterocycles. The Morgan fingerprint density at radius 3 is 2.61 bits per heavy atom. The summed E-state index contributed by atoms with van der Waals surface area (Å²) >= 11 is 1.84. The summed E-state index contributed by atoms with van der Waals surface area (Å²) in [7, 11) is 2.07. The van der Waals surface area contributed by atoms with Gasteiger partial charge in [0.25, 0.3) is 0 Å². The van der Waals surface area contributed by atoms with Crippen molar-refractivity contribution in [1.29, 1.82) is 0 Å². The lowest BCUT2D eigenvalue weighted by molar-refractivity contribution is 0.534. The van der Waals surface area contributed by atoms with Gasteiger partial charge in [0.1, 0.15) is 17.1 Å². The second-order valence-electron chi connectivity index (χ2n) is 11.5. The third-order valence-electron chi connectivity index (χ3n) is 8.55. The molecule has 1 aliphatic heterocycles. The van der Waals surface area contributed by atoms with Gasteiger partial charge >= 0.3 is 0 Å². The van der Waals surface area contributed by atoms with Crippen LogP contribution in [0.25, 0.3) is 50.0 Å². The van der Waals surface area contributed by atoms with Gasteiger partial charge in [-0.2, -0.15) is 0 Å². The zero-order valence-electron chi connectivity index (χ0n) is 26.2. The molecule has 6 rings (SSSR count). The molecule has 224 valence electrons. The number of unbranched alkanes of at least 4 members (excludes halogenated alkanes) is 2. The molecule has 0 saturated heterocycles. The molecule has 1 aliphatic carbocycles. The Bertz CT molecular complexity index is 2040. The Labute approximate surface area is 264 Å². The van der Waals surface area contributed by atoms with Crippen LogP contribution < -0.4 is 16.4 Å². The number of allylic oxidation sites excluding steroid dienone is 6. The molecular formula is C39H41N3OS. The first-order valence-corrected chi connectivity index (χ1v) is 16.4. The largest absolute Gasteiger partial charge is 0.454 e. The van der Waals surface area contributed by atoms with Crippen molar-refractivity contribution >= 4 is 56.1 Å². The molecular weight excluding hydrogens is 559 g/mol. The standard InChI is InChI=1S/C39H41N3OS/c1-6-8-9-10-13-21-41-39(40)37-38-33(22-25(3)29-15-11-12-16-34(29)42(37)5)31-19-17-27(23-35(31)43-38)28-18-20-32-30(14-7-2)26(4)44-36(32)24-28/h6-8,14-20,22-24H,3,9-13,21H2,1-2,4-5H3,(H2,40,41)/b8-6-,14-7-,33-22-,38-37+. The fourth-order valence-electron chi connectivity index (χ4n) is 6.31. The van der Waals surface area contributed by atoms with Gasteiger partial charge in [-0.05, 0) is 105 Å². The maximum absolute atomic E-state index is 6.81. The fourth-order valence-corrected chi connectivity index (χ4v) is 7.40. The number of nitrogens with zero attached hydrogens (tertiary/aromatic N) is 2. The van der Waals surface area contributed by atoms with E-state index >= 15 is 0 Å². The Morgan fingerprint density at radius 1 is 1.05 bits per heavy atom. The van der Waals surface area contributed by atoms with Gasteiger partial charge in [-0.15, -0.1) is 11.3 Å². The van der Waals surface area contributed by atoms with Gasteiger partial charge in [-0.1, -0.05) is 61.2 Å². The highest BCUT2D eigenvalue weighted by Gasteiger charge is 2.25. The number of benzene rings is 2. The van der Waals surface area contributed by atoms with Crippen molar-refractivity contribution in [3.8, 4) is 11.1 Å². The van der Waals surface area contributed by atoms with Crippen molar-refractivity contribution < 1.29 is 4.42 Å². The van der Waals surface area contributed by atoms with Crippen LogP contribution in [-0.4, -0.2) is 24.3 Å². The first kappa shape index (κ1) is 29.7. The van der Waals surface area contributed by atoms with Crippen molar-refractivity contribution in [3.63, 3.8) is 0 Å². The van der Waals surface area contributed by atoms with Crippen LogP contribution >= 0.6 is 11.3 Å². The minimum atomic E-state index is 0.501. The summed E-state index contributed by atoms with van der Waals surface area (Å²) in [5.74, 6) is 0.501. The van der Waals surface area contributed by atoms with Crippen LogP contribution in [0.1, 0.15) is 56.4 Å². The fraction of sp³-hybridized carbons (Fsp3) is 0.256. The molecule has 0 bridgehead atoms. The molecule has 0 spiro atoms. The van der Waals surface area contributed by atoms with Crippen LogP contribution in [0.5, 0.6) is 0 Å². The van der Waals surface area contributed by atoms with Gasteiger partial charge in [0.05, 0.1) is 0 Å². The molecule has 0 atom stereocenters. The quantitative estimate of drug-likeness (QED) is 0.0953. The normalized spacial score (nSPS) is 17.9. The van der Waals surface area contributed by atoms with E-state index in [0.29, 0.717) is 12.4 Å². The van der Waals surface area contributed by atoms with Crippen LogP contribution in [0.3, 0.4) is 0 Å². The van der Waals surface area contributed by atoms with Gasteiger partial charge < -0.3 is 15.1 Å². The number of hydrogen-bond donors (Lipinski definition) is 1. The topological polar surface area (TPSA) is 54.8 Å². The van der Waals surface area contributed by atoms with E-state index in [0.717, 1.165) is 81.8 Å². The number of fused-ring (bicyclic) bond motifs is 5. The van der Waals surface area contributed by atoms with Crippen LogP contribution in [0.2, 0.25) is 0 Å². The lowest BCUT2D eigenvalue weighted by atomic mass is 9.93. The van der Waals surface area contributed by atoms with Gasteiger partial charge in [0, 0.05) is 45.0 Å². The molecule has 2 aromatic carbocycles.